The van der Waals surface area contributed by atoms with Gasteiger partial charge in [0.25, 0.3) is 15.9 Å². The second-order valence-corrected chi connectivity index (χ2v) is 8.95. The molecule has 0 aliphatic rings. The second-order valence-electron chi connectivity index (χ2n) is 6.83. The van der Waals surface area contributed by atoms with Crippen molar-refractivity contribution >= 4 is 38.9 Å². The van der Waals surface area contributed by atoms with Gasteiger partial charge in [0, 0.05) is 16.4 Å². The molecule has 0 aliphatic carbocycles. The number of carbonyl (C=O) groups is 1. The minimum atomic E-state index is -3.77. The van der Waals surface area contributed by atoms with Crippen molar-refractivity contribution in [3.8, 4) is 11.5 Å². The van der Waals surface area contributed by atoms with E-state index < -0.39 is 10.0 Å². The van der Waals surface area contributed by atoms with E-state index in [0.717, 1.165) is 5.56 Å². The first-order valence-electron chi connectivity index (χ1n) is 9.81. The predicted octanol–water partition coefficient (Wildman–Crippen LogP) is 4.87. The molecule has 3 aromatic rings. The monoisotopic (exact) mass is 474 g/mol. The number of amides is 1. The normalized spacial score (nSPS) is 11.0. The van der Waals surface area contributed by atoms with E-state index in [2.05, 4.69) is 10.0 Å². The van der Waals surface area contributed by atoms with E-state index in [9.17, 15) is 13.2 Å². The van der Waals surface area contributed by atoms with Gasteiger partial charge in [-0.3, -0.25) is 9.52 Å². The molecule has 0 saturated carbocycles. The van der Waals surface area contributed by atoms with Crippen molar-refractivity contribution in [2.24, 2.45) is 0 Å². The molecule has 2 N–H and O–H groups in total. The molecule has 9 heteroatoms. The summed E-state index contributed by atoms with van der Waals surface area (Å²) in [4.78, 5) is 12.2. The highest BCUT2D eigenvalue weighted by molar-refractivity contribution is 7.92. The zero-order chi connectivity index (χ0) is 23.1. The highest BCUT2D eigenvalue weighted by Crippen LogP contribution is 2.22. The summed E-state index contributed by atoms with van der Waals surface area (Å²) in [5.74, 6) is 0.665. The number of aryl methyl sites for hydroxylation is 1. The molecule has 3 rings (SSSR count). The minimum Gasteiger partial charge on any atom is -0.494 e. The van der Waals surface area contributed by atoms with Crippen LogP contribution in [0.4, 0.5) is 11.4 Å². The number of benzene rings is 3. The Kier molecular flexibility index (Phi) is 7.61. The van der Waals surface area contributed by atoms with Gasteiger partial charge in [-0.1, -0.05) is 17.7 Å². The van der Waals surface area contributed by atoms with Gasteiger partial charge in [0.15, 0.2) is 6.61 Å². The summed E-state index contributed by atoms with van der Waals surface area (Å²) in [6.07, 6.45) is 0. The lowest BCUT2D eigenvalue weighted by atomic mass is 10.2. The molecule has 0 bridgehead atoms. The molecule has 0 heterocycles. The number of rotatable bonds is 9. The van der Waals surface area contributed by atoms with E-state index in [1.165, 1.54) is 24.3 Å². The van der Waals surface area contributed by atoms with Gasteiger partial charge in [0.05, 0.1) is 11.5 Å². The number of hydrogen-bond acceptors (Lipinski definition) is 5. The van der Waals surface area contributed by atoms with Crippen LogP contribution in [0.2, 0.25) is 5.02 Å². The molecular formula is C23H23ClN2O5S. The Morgan fingerprint density at radius 1 is 0.938 bits per heavy atom. The van der Waals surface area contributed by atoms with Crippen LogP contribution in [0.5, 0.6) is 11.5 Å². The van der Waals surface area contributed by atoms with Gasteiger partial charge < -0.3 is 14.8 Å². The predicted molar refractivity (Wildman–Crippen MR) is 125 cm³/mol. The van der Waals surface area contributed by atoms with E-state index in [1.54, 1.807) is 42.5 Å². The van der Waals surface area contributed by atoms with Crippen LogP contribution in [0, 0.1) is 6.92 Å². The molecule has 0 fully saturated rings. The Labute approximate surface area is 192 Å². The molecule has 0 unspecified atom stereocenters. The van der Waals surface area contributed by atoms with Crippen LogP contribution in [-0.4, -0.2) is 27.5 Å². The third-order valence-electron chi connectivity index (χ3n) is 4.40. The van der Waals surface area contributed by atoms with Gasteiger partial charge in [-0.2, -0.15) is 0 Å². The van der Waals surface area contributed by atoms with E-state index in [-0.39, 0.29) is 17.4 Å². The third kappa shape index (κ3) is 6.38. The lowest BCUT2D eigenvalue weighted by Crippen LogP contribution is -2.20. The van der Waals surface area contributed by atoms with Gasteiger partial charge >= 0.3 is 0 Å². The van der Waals surface area contributed by atoms with Crippen molar-refractivity contribution in [3.05, 3.63) is 77.3 Å². The summed E-state index contributed by atoms with van der Waals surface area (Å²) in [6, 6.07) is 17.6. The third-order valence-corrected chi connectivity index (χ3v) is 6.03. The number of carbonyl (C=O) groups excluding carboxylic acids is 1. The van der Waals surface area contributed by atoms with Crippen molar-refractivity contribution in [1.29, 1.82) is 0 Å². The molecule has 3 aromatic carbocycles. The molecule has 168 valence electrons. The average molecular weight is 475 g/mol. The van der Waals surface area contributed by atoms with Gasteiger partial charge in [-0.05, 0) is 80.1 Å². The smallest absolute Gasteiger partial charge is 0.262 e. The Hall–Kier alpha value is -3.23. The Bertz CT molecular complexity index is 1180. The van der Waals surface area contributed by atoms with Crippen molar-refractivity contribution in [2.45, 2.75) is 18.7 Å². The van der Waals surface area contributed by atoms with Gasteiger partial charge in [-0.15, -0.1) is 0 Å². The summed E-state index contributed by atoms with van der Waals surface area (Å²) in [7, 11) is -3.77. The summed E-state index contributed by atoms with van der Waals surface area (Å²) in [5.41, 5.74) is 1.90. The summed E-state index contributed by atoms with van der Waals surface area (Å²) >= 11 is 5.95. The fraction of sp³-hybridized carbons (Fsp3) is 0.174. The summed E-state index contributed by atoms with van der Waals surface area (Å²) < 4.78 is 38.5. The van der Waals surface area contributed by atoms with Gasteiger partial charge in [-0.25, -0.2) is 8.42 Å². The fourth-order valence-electron chi connectivity index (χ4n) is 2.78. The molecule has 32 heavy (non-hydrogen) atoms. The van der Waals surface area contributed by atoms with Crippen molar-refractivity contribution in [1.82, 2.24) is 0 Å². The number of ether oxygens (including phenoxy) is 2. The van der Waals surface area contributed by atoms with Gasteiger partial charge in [0.1, 0.15) is 11.5 Å². The SMILES string of the molecule is CCOc1ccc(NS(=O)(=O)c2ccc(OCC(=O)Nc3cc(Cl)ccc3C)cc2)cc1. The van der Waals surface area contributed by atoms with Gasteiger partial charge in [0.2, 0.25) is 0 Å². The molecule has 1 amide bonds. The van der Waals surface area contributed by atoms with Crippen LogP contribution in [-0.2, 0) is 14.8 Å². The molecule has 7 nitrogen and oxygen atoms in total. The Balaban J connectivity index is 1.57. The number of halogens is 1. The standard InChI is InChI=1S/C23H23ClN2O5S/c1-3-30-19-8-6-18(7-9-19)26-32(28,29)21-12-10-20(11-13-21)31-15-23(27)25-22-14-17(24)5-4-16(22)2/h4-14,26H,3,15H2,1-2H3,(H,25,27). The molecule has 0 atom stereocenters. The molecule has 0 aromatic heterocycles. The largest absolute Gasteiger partial charge is 0.494 e. The molecule has 0 aliphatic heterocycles. The molecular weight excluding hydrogens is 452 g/mol. The first-order valence-corrected chi connectivity index (χ1v) is 11.7. The average Bonchev–Trinajstić information content (AvgIpc) is 2.76. The van der Waals surface area contributed by atoms with Crippen molar-refractivity contribution in [3.63, 3.8) is 0 Å². The minimum absolute atomic E-state index is 0.0674. The van der Waals surface area contributed by atoms with Crippen LogP contribution >= 0.6 is 11.6 Å². The Morgan fingerprint density at radius 2 is 1.56 bits per heavy atom. The molecule has 0 saturated heterocycles. The highest BCUT2D eigenvalue weighted by Gasteiger charge is 2.15. The first kappa shape index (κ1) is 23.4. The second kappa shape index (κ2) is 10.4. The lowest BCUT2D eigenvalue weighted by molar-refractivity contribution is -0.118. The lowest BCUT2D eigenvalue weighted by Gasteiger charge is -2.11. The summed E-state index contributed by atoms with van der Waals surface area (Å²) in [5, 5.41) is 3.25. The molecule has 0 spiro atoms. The van der Waals surface area contributed by atoms with Crippen LogP contribution in [0.25, 0.3) is 0 Å². The molecule has 0 radical (unpaired) electrons. The maximum absolute atomic E-state index is 12.6. The fourth-order valence-corrected chi connectivity index (χ4v) is 4.01. The summed E-state index contributed by atoms with van der Waals surface area (Å²) in [6.45, 7) is 4.02. The van der Waals surface area contributed by atoms with E-state index in [4.69, 9.17) is 21.1 Å². The Morgan fingerprint density at radius 3 is 2.22 bits per heavy atom. The van der Waals surface area contributed by atoms with Crippen LogP contribution in [0.1, 0.15) is 12.5 Å². The van der Waals surface area contributed by atoms with Crippen molar-refractivity contribution < 1.29 is 22.7 Å². The first-order chi connectivity index (χ1) is 15.3. The number of anilines is 2. The van der Waals surface area contributed by atoms with E-state index in [1.807, 2.05) is 13.8 Å². The highest BCUT2D eigenvalue weighted by atomic mass is 35.5. The van der Waals surface area contributed by atoms with E-state index in [0.29, 0.717) is 34.5 Å². The number of sulfonamides is 1. The van der Waals surface area contributed by atoms with Crippen molar-refractivity contribution in [2.75, 3.05) is 23.3 Å². The zero-order valence-electron chi connectivity index (χ0n) is 17.6. The van der Waals surface area contributed by atoms with Crippen LogP contribution < -0.4 is 19.5 Å². The maximum Gasteiger partial charge on any atom is 0.262 e. The zero-order valence-corrected chi connectivity index (χ0v) is 19.2. The number of nitrogens with one attached hydrogen (secondary N) is 2. The quantitative estimate of drug-likeness (QED) is 0.461. The van der Waals surface area contributed by atoms with E-state index >= 15 is 0 Å². The number of hydrogen-bond donors (Lipinski definition) is 2. The van der Waals surface area contributed by atoms with Crippen LogP contribution in [0.3, 0.4) is 0 Å². The topological polar surface area (TPSA) is 93.7 Å². The van der Waals surface area contributed by atoms with Crippen LogP contribution in [0.15, 0.2) is 71.6 Å². The maximum atomic E-state index is 12.6.